The Kier molecular flexibility index (Phi) is 3.63. The first-order chi connectivity index (χ1) is 6.69. The maximum atomic E-state index is 11.7. The van der Waals surface area contributed by atoms with Crippen LogP contribution in [-0.2, 0) is 6.54 Å². The summed E-state index contributed by atoms with van der Waals surface area (Å²) in [6, 6.07) is 1.83. The Morgan fingerprint density at radius 3 is 3.00 bits per heavy atom. The van der Waals surface area contributed by atoms with Crippen LogP contribution in [0.2, 0.25) is 0 Å². The fraction of sp³-hybridized carbons (Fsp3) is 0.455. The molecule has 0 spiro atoms. The molecule has 0 unspecified atom stereocenters. The lowest BCUT2D eigenvalue weighted by Gasteiger charge is -2.02. The normalized spacial score (nSPS) is 10.1. The van der Waals surface area contributed by atoms with Gasteiger partial charge in [-0.25, -0.2) is 0 Å². The Balaban J connectivity index is 2.93. The molecule has 3 heteroatoms. The second-order valence-corrected chi connectivity index (χ2v) is 3.31. The molecular weight excluding hydrogens is 176 g/mol. The average molecular weight is 192 g/mol. The number of Topliss-reactive ketones (excluding diaryl/α,β-unsaturated/α-hetero) is 1. The minimum atomic E-state index is 0.162. The fourth-order valence-electron chi connectivity index (χ4n) is 1.39. The highest BCUT2D eigenvalue weighted by Gasteiger charge is 2.11. The van der Waals surface area contributed by atoms with E-state index < -0.39 is 0 Å². The minimum Gasteiger partial charge on any atom is -0.292 e. The summed E-state index contributed by atoms with van der Waals surface area (Å²) in [5, 5.41) is 4.23. The van der Waals surface area contributed by atoms with Crippen molar-refractivity contribution in [3.63, 3.8) is 0 Å². The van der Waals surface area contributed by atoms with Crippen LogP contribution < -0.4 is 0 Å². The van der Waals surface area contributed by atoms with Crippen LogP contribution >= 0.6 is 0 Å². The van der Waals surface area contributed by atoms with E-state index in [1.165, 1.54) is 0 Å². The Morgan fingerprint density at radius 1 is 1.71 bits per heavy atom. The van der Waals surface area contributed by atoms with Crippen molar-refractivity contribution in [2.24, 2.45) is 0 Å². The zero-order valence-electron chi connectivity index (χ0n) is 8.79. The lowest BCUT2D eigenvalue weighted by molar-refractivity contribution is 0.0972. The number of aryl methyl sites for hydroxylation is 1. The highest BCUT2D eigenvalue weighted by Crippen LogP contribution is 2.08. The van der Waals surface area contributed by atoms with Crippen LogP contribution in [0.3, 0.4) is 0 Å². The van der Waals surface area contributed by atoms with Gasteiger partial charge in [-0.3, -0.25) is 9.48 Å². The third-order valence-corrected chi connectivity index (χ3v) is 1.97. The molecule has 3 nitrogen and oxygen atoms in total. The molecule has 0 aliphatic carbocycles. The summed E-state index contributed by atoms with van der Waals surface area (Å²) in [6.45, 7) is 8.13. The van der Waals surface area contributed by atoms with Gasteiger partial charge in [0, 0.05) is 6.42 Å². The molecule has 1 rings (SSSR count). The van der Waals surface area contributed by atoms with Crippen LogP contribution in [-0.4, -0.2) is 15.6 Å². The summed E-state index contributed by atoms with van der Waals surface area (Å²) in [6.07, 6.45) is 3.20. The third kappa shape index (κ3) is 2.31. The Hall–Kier alpha value is -1.38. The van der Waals surface area contributed by atoms with E-state index in [-0.39, 0.29) is 5.78 Å². The van der Waals surface area contributed by atoms with Gasteiger partial charge in [-0.05, 0) is 19.4 Å². The molecule has 0 aliphatic heterocycles. The second kappa shape index (κ2) is 4.74. The number of aromatic nitrogens is 2. The van der Waals surface area contributed by atoms with Gasteiger partial charge in [0.25, 0.3) is 0 Å². The molecule has 0 radical (unpaired) electrons. The molecule has 14 heavy (non-hydrogen) atoms. The zero-order valence-corrected chi connectivity index (χ0v) is 8.79. The van der Waals surface area contributed by atoms with Gasteiger partial charge < -0.3 is 0 Å². The molecule has 0 amide bonds. The minimum absolute atomic E-state index is 0.162. The van der Waals surface area contributed by atoms with Crippen molar-refractivity contribution >= 4 is 5.78 Å². The summed E-state index contributed by atoms with van der Waals surface area (Å²) in [7, 11) is 0. The molecule has 1 aromatic heterocycles. The number of ketones is 1. The molecule has 0 saturated carbocycles. The predicted octanol–water partition coefficient (Wildman–Crippen LogP) is 2.36. The van der Waals surface area contributed by atoms with E-state index in [4.69, 9.17) is 0 Å². The van der Waals surface area contributed by atoms with Gasteiger partial charge in [0.15, 0.2) is 5.78 Å². The Morgan fingerprint density at radius 2 is 2.43 bits per heavy atom. The van der Waals surface area contributed by atoms with E-state index in [1.807, 2.05) is 19.9 Å². The Bertz CT molecular complexity index is 339. The van der Waals surface area contributed by atoms with Crippen LogP contribution in [0.1, 0.15) is 35.9 Å². The van der Waals surface area contributed by atoms with Crippen LogP contribution in [0.25, 0.3) is 0 Å². The Labute approximate surface area is 84.4 Å². The van der Waals surface area contributed by atoms with Gasteiger partial charge in [0.1, 0.15) is 5.69 Å². The van der Waals surface area contributed by atoms with Crippen LogP contribution in [0.15, 0.2) is 18.7 Å². The van der Waals surface area contributed by atoms with Gasteiger partial charge in [-0.2, -0.15) is 5.10 Å². The number of carbonyl (C=O) groups excluding carboxylic acids is 1. The smallest absolute Gasteiger partial charge is 0.180 e. The second-order valence-electron chi connectivity index (χ2n) is 3.31. The SMILES string of the molecule is C=CCn1nc(C)cc1C(=O)CCC. The summed E-state index contributed by atoms with van der Waals surface area (Å²) < 4.78 is 1.71. The molecule has 0 fully saturated rings. The van der Waals surface area contributed by atoms with E-state index in [0.29, 0.717) is 18.7 Å². The molecule has 0 aliphatic rings. The van der Waals surface area contributed by atoms with E-state index in [9.17, 15) is 4.79 Å². The van der Waals surface area contributed by atoms with Crippen molar-refractivity contribution in [3.8, 4) is 0 Å². The van der Waals surface area contributed by atoms with Gasteiger partial charge in [-0.1, -0.05) is 13.0 Å². The zero-order chi connectivity index (χ0) is 10.6. The topological polar surface area (TPSA) is 34.9 Å². The van der Waals surface area contributed by atoms with Crippen LogP contribution in [0, 0.1) is 6.92 Å². The number of allylic oxidation sites excluding steroid dienone is 1. The molecule has 76 valence electrons. The summed E-state index contributed by atoms with van der Waals surface area (Å²) in [5.41, 5.74) is 1.58. The largest absolute Gasteiger partial charge is 0.292 e. The monoisotopic (exact) mass is 192 g/mol. The van der Waals surface area contributed by atoms with Gasteiger partial charge in [0.05, 0.1) is 12.2 Å². The van der Waals surface area contributed by atoms with E-state index >= 15 is 0 Å². The quantitative estimate of drug-likeness (QED) is 0.530. The van der Waals surface area contributed by atoms with Crippen molar-refractivity contribution in [3.05, 3.63) is 30.1 Å². The van der Waals surface area contributed by atoms with Crippen LogP contribution in [0.4, 0.5) is 0 Å². The first-order valence-electron chi connectivity index (χ1n) is 4.87. The first kappa shape index (κ1) is 10.7. The standard InChI is InChI=1S/C11H16N2O/c1-4-6-11(14)10-8-9(3)12-13(10)7-5-2/h5,8H,2,4,6-7H2,1,3H3. The van der Waals surface area contributed by atoms with Crippen molar-refractivity contribution < 1.29 is 4.79 Å². The molecule has 0 N–H and O–H groups in total. The maximum absolute atomic E-state index is 11.7. The van der Waals surface area contributed by atoms with E-state index in [0.717, 1.165) is 12.1 Å². The third-order valence-electron chi connectivity index (χ3n) is 1.97. The molecule has 0 bridgehead atoms. The van der Waals surface area contributed by atoms with Gasteiger partial charge in [0.2, 0.25) is 0 Å². The van der Waals surface area contributed by atoms with Crippen molar-refractivity contribution in [1.29, 1.82) is 0 Å². The average Bonchev–Trinajstić information content (AvgIpc) is 2.48. The highest BCUT2D eigenvalue weighted by molar-refractivity contribution is 5.94. The van der Waals surface area contributed by atoms with Crippen molar-refractivity contribution in [1.82, 2.24) is 9.78 Å². The maximum Gasteiger partial charge on any atom is 0.180 e. The predicted molar refractivity (Wildman–Crippen MR) is 56.4 cm³/mol. The van der Waals surface area contributed by atoms with E-state index in [1.54, 1.807) is 10.8 Å². The molecule has 0 aromatic carbocycles. The van der Waals surface area contributed by atoms with Crippen molar-refractivity contribution in [2.45, 2.75) is 33.2 Å². The number of hydrogen-bond acceptors (Lipinski definition) is 2. The highest BCUT2D eigenvalue weighted by atomic mass is 16.1. The first-order valence-corrected chi connectivity index (χ1v) is 4.87. The number of nitrogens with zero attached hydrogens (tertiary/aromatic N) is 2. The molecule has 1 aromatic rings. The molecule has 0 saturated heterocycles. The molecular formula is C11H16N2O. The number of hydrogen-bond donors (Lipinski definition) is 0. The summed E-state index contributed by atoms with van der Waals surface area (Å²) >= 11 is 0. The molecule has 1 heterocycles. The summed E-state index contributed by atoms with van der Waals surface area (Å²) in [4.78, 5) is 11.7. The fourth-order valence-corrected chi connectivity index (χ4v) is 1.39. The lowest BCUT2D eigenvalue weighted by atomic mass is 10.2. The summed E-state index contributed by atoms with van der Waals surface area (Å²) in [5.74, 6) is 0.162. The molecule has 0 atom stereocenters. The number of rotatable bonds is 5. The van der Waals surface area contributed by atoms with Crippen LogP contribution in [0.5, 0.6) is 0 Å². The van der Waals surface area contributed by atoms with Gasteiger partial charge >= 0.3 is 0 Å². The lowest BCUT2D eigenvalue weighted by Crippen LogP contribution is -2.09. The number of carbonyl (C=O) groups is 1. The van der Waals surface area contributed by atoms with Crippen molar-refractivity contribution in [2.75, 3.05) is 0 Å². The van der Waals surface area contributed by atoms with E-state index in [2.05, 4.69) is 11.7 Å². The van der Waals surface area contributed by atoms with Gasteiger partial charge in [-0.15, -0.1) is 6.58 Å².